The first kappa shape index (κ1) is 21.6. The molecule has 0 unspecified atom stereocenters. The zero-order valence-corrected chi connectivity index (χ0v) is 18.6. The molecule has 3 N–H and O–H groups in total. The van der Waals surface area contributed by atoms with E-state index in [4.69, 9.17) is 22.1 Å². The maximum absolute atomic E-state index is 12.4. The third-order valence-corrected chi connectivity index (χ3v) is 7.40. The molecule has 0 fully saturated rings. The highest BCUT2D eigenvalue weighted by Crippen LogP contribution is 2.34. The Balaban J connectivity index is 1.74. The number of nitrogens with zero attached hydrogens (tertiary/aromatic N) is 1. The number of hydrogen-bond acceptors (Lipinski definition) is 8. The van der Waals surface area contributed by atoms with Gasteiger partial charge in [-0.05, 0) is 37.6 Å². The summed E-state index contributed by atoms with van der Waals surface area (Å²) in [6, 6.07) is 5.43. The van der Waals surface area contributed by atoms with Crippen molar-refractivity contribution in [3.8, 4) is 0 Å². The number of anilines is 1. The molecule has 0 spiro atoms. The topological polar surface area (TPSA) is 111 Å². The van der Waals surface area contributed by atoms with Crippen LogP contribution < -0.4 is 11.1 Å². The van der Waals surface area contributed by atoms with Gasteiger partial charge in [-0.25, -0.2) is 9.78 Å². The predicted octanol–water partition coefficient (Wildman–Crippen LogP) is 4.33. The Labute approximate surface area is 183 Å². The summed E-state index contributed by atoms with van der Waals surface area (Å²) in [7, 11) is 0. The number of ether oxygens (including phenoxy) is 1. The standard InChI is InChI=1S/C18H16ClN3O4S3/c1-3-26-17(25)13-8(2)14(15(20)24)29-16(13)22-12(23)7-27-18-21-10-6-9(19)4-5-11(10)28-18/h4-6H,3,7H2,1-2H3,(H2,20,24)(H,22,23). The van der Waals surface area contributed by atoms with Crippen molar-refractivity contribution in [1.29, 1.82) is 0 Å². The van der Waals surface area contributed by atoms with Gasteiger partial charge >= 0.3 is 5.97 Å². The van der Waals surface area contributed by atoms with Gasteiger partial charge < -0.3 is 15.8 Å². The van der Waals surface area contributed by atoms with Crippen LogP contribution in [0.4, 0.5) is 5.00 Å². The van der Waals surface area contributed by atoms with Crippen molar-refractivity contribution >= 4 is 79.0 Å². The van der Waals surface area contributed by atoms with E-state index in [0.717, 1.165) is 25.9 Å². The Morgan fingerprint density at radius 3 is 2.76 bits per heavy atom. The van der Waals surface area contributed by atoms with Crippen LogP contribution in [0, 0.1) is 6.92 Å². The lowest BCUT2D eigenvalue weighted by Gasteiger charge is -2.06. The summed E-state index contributed by atoms with van der Waals surface area (Å²) in [6.07, 6.45) is 0. The van der Waals surface area contributed by atoms with Crippen LogP contribution in [0.5, 0.6) is 0 Å². The van der Waals surface area contributed by atoms with Crippen molar-refractivity contribution < 1.29 is 19.1 Å². The quantitative estimate of drug-likeness (QED) is 0.393. The number of carbonyl (C=O) groups excluding carboxylic acids is 3. The number of benzene rings is 1. The smallest absolute Gasteiger partial charge is 0.341 e. The number of esters is 1. The molecule has 2 aromatic heterocycles. The summed E-state index contributed by atoms with van der Waals surface area (Å²) in [5, 5.41) is 3.53. The molecule has 2 heterocycles. The normalized spacial score (nSPS) is 10.9. The molecule has 29 heavy (non-hydrogen) atoms. The SMILES string of the molecule is CCOC(=O)c1c(NC(=O)CSc2nc3cc(Cl)ccc3s2)sc(C(N)=O)c1C. The molecule has 152 valence electrons. The number of amides is 2. The third kappa shape index (κ3) is 4.89. The average Bonchev–Trinajstić information content (AvgIpc) is 3.20. The van der Waals surface area contributed by atoms with Gasteiger partial charge in [-0.15, -0.1) is 22.7 Å². The molecule has 2 amide bonds. The summed E-state index contributed by atoms with van der Waals surface area (Å²) < 4.78 is 6.74. The van der Waals surface area contributed by atoms with E-state index in [1.807, 2.05) is 6.07 Å². The van der Waals surface area contributed by atoms with E-state index < -0.39 is 11.9 Å². The molecular weight excluding hydrogens is 454 g/mol. The summed E-state index contributed by atoms with van der Waals surface area (Å²) in [6.45, 7) is 3.44. The lowest BCUT2D eigenvalue weighted by molar-refractivity contribution is -0.113. The maximum Gasteiger partial charge on any atom is 0.341 e. The van der Waals surface area contributed by atoms with Crippen LogP contribution in [0.3, 0.4) is 0 Å². The van der Waals surface area contributed by atoms with E-state index in [0.29, 0.717) is 10.6 Å². The van der Waals surface area contributed by atoms with Gasteiger partial charge in [-0.1, -0.05) is 23.4 Å². The highest BCUT2D eigenvalue weighted by Gasteiger charge is 2.25. The first-order valence-electron chi connectivity index (χ1n) is 8.39. The lowest BCUT2D eigenvalue weighted by atomic mass is 10.1. The number of thiazole rings is 1. The minimum Gasteiger partial charge on any atom is -0.462 e. The monoisotopic (exact) mass is 469 g/mol. The molecule has 0 aliphatic heterocycles. The number of thiophene rings is 1. The summed E-state index contributed by atoms with van der Waals surface area (Å²) >= 11 is 9.66. The van der Waals surface area contributed by atoms with Crippen LogP contribution in [-0.2, 0) is 9.53 Å². The van der Waals surface area contributed by atoms with E-state index in [1.54, 1.807) is 26.0 Å². The fourth-order valence-electron chi connectivity index (χ4n) is 2.52. The molecular formula is C18H16ClN3O4S3. The molecule has 0 saturated carbocycles. The van der Waals surface area contributed by atoms with Gasteiger partial charge in [0.2, 0.25) is 5.91 Å². The van der Waals surface area contributed by atoms with Crippen molar-refractivity contribution in [2.24, 2.45) is 5.73 Å². The molecule has 0 saturated heterocycles. The number of nitrogens with two attached hydrogens (primary N) is 1. The van der Waals surface area contributed by atoms with Gasteiger partial charge in [0.05, 0.1) is 33.0 Å². The molecule has 0 bridgehead atoms. The van der Waals surface area contributed by atoms with Gasteiger partial charge in [0.1, 0.15) is 5.00 Å². The number of nitrogens with one attached hydrogen (secondary N) is 1. The summed E-state index contributed by atoms with van der Waals surface area (Å²) in [4.78, 5) is 41.0. The largest absolute Gasteiger partial charge is 0.462 e. The van der Waals surface area contributed by atoms with Gasteiger partial charge in [0.25, 0.3) is 5.91 Å². The van der Waals surface area contributed by atoms with Gasteiger partial charge in [0.15, 0.2) is 4.34 Å². The Morgan fingerprint density at radius 2 is 2.07 bits per heavy atom. The number of fused-ring (bicyclic) bond motifs is 1. The van der Waals surface area contributed by atoms with Crippen molar-refractivity contribution in [1.82, 2.24) is 4.98 Å². The second-order valence-corrected chi connectivity index (χ2v) is 9.48. The number of thioether (sulfide) groups is 1. The minimum atomic E-state index is -0.666. The molecule has 0 atom stereocenters. The molecule has 3 aromatic rings. The van der Waals surface area contributed by atoms with E-state index in [9.17, 15) is 14.4 Å². The first-order valence-corrected chi connectivity index (χ1v) is 11.4. The van der Waals surface area contributed by atoms with Gasteiger partial charge in [0, 0.05) is 5.02 Å². The molecule has 11 heteroatoms. The predicted molar refractivity (Wildman–Crippen MR) is 118 cm³/mol. The van der Waals surface area contributed by atoms with Crippen LogP contribution in [0.2, 0.25) is 5.02 Å². The zero-order chi connectivity index (χ0) is 21.1. The highest BCUT2D eigenvalue weighted by molar-refractivity contribution is 8.01. The molecule has 0 aliphatic carbocycles. The Bertz CT molecular complexity index is 1110. The van der Waals surface area contributed by atoms with E-state index in [-0.39, 0.29) is 33.7 Å². The Hall–Kier alpha value is -2.14. The average molecular weight is 470 g/mol. The van der Waals surface area contributed by atoms with Crippen LogP contribution in [0.25, 0.3) is 10.2 Å². The second-order valence-electron chi connectivity index (χ2n) is 5.77. The van der Waals surface area contributed by atoms with Gasteiger partial charge in [-0.2, -0.15) is 0 Å². The Kier molecular flexibility index (Phi) is 6.78. The Morgan fingerprint density at radius 1 is 1.31 bits per heavy atom. The van der Waals surface area contributed by atoms with Gasteiger partial charge in [-0.3, -0.25) is 9.59 Å². The fraction of sp³-hybridized carbons (Fsp3) is 0.222. The molecule has 0 aliphatic rings. The van der Waals surface area contributed by atoms with Crippen LogP contribution in [0.1, 0.15) is 32.5 Å². The second kappa shape index (κ2) is 9.12. The van der Waals surface area contributed by atoms with Crippen molar-refractivity contribution in [3.63, 3.8) is 0 Å². The first-order chi connectivity index (χ1) is 13.8. The molecule has 0 radical (unpaired) electrons. The zero-order valence-electron chi connectivity index (χ0n) is 15.4. The van der Waals surface area contributed by atoms with E-state index in [1.165, 1.54) is 23.1 Å². The number of primary amides is 1. The van der Waals surface area contributed by atoms with Crippen LogP contribution in [0.15, 0.2) is 22.5 Å². The third-order valence-electron chi connectivity index (χ3n) is 3.76. The van der Waals surface area contributed by atoms with Crippen molar-refractivity contribution in [3.05, 3.63) is 39.2 Å². The van der Waals surface area contributed by atoms with Crippen molar-refractivity contribution in [2.45, 2.75) is 18.2 Å². The molecule has 7 nitrogen and oxygen atoms in total. The lowest BCUT2D eigenvalue weighted by Crippen LogP contribution is -2.16. The number of aromatic nitrogens is 1. The number of halogens is 1. The number of rotatable bonds is 7. The maximum atomic E-state index is 12.4. The van der Waals surface area contributed by atoms with E-state index >= 15 is 0 Å². The molecule has 3 rings (SSSR count). The molecule has 1 aromatic carbocycles. The van der Waals surface area contributed by atoms with E-state index in [2.05, 4.69) is 10.3 Å². The van der Waals surface area contributed by atoms with Crippen LogP contribution >= 0.6 is 46.0 Å². The fourth-order valence-corrected chi connectivity index (χ4v) is 5.60. The number of carbonyl (C=O) groups is 3. The number of hydrogen-bond donors (Lipinski definition) is 2. The highest BCUT2D eigenvalue weighted by atomic mass is 35.5. The summed E-state index contributed by atoms with van der Waals surface area (Å²) in [5.41, 5.74) is 6.69. The minimum absolute atomic E-state index is 0.0820. The summed E-state index contributed by atoms with van der Waals surface area (Å²) in [5.74, 6) is -1.53. The van der Waals surface area contributed by atoms with Crippen LogP contribution in [-0.4, -0.2) is 35.1 Å². The van der Waals surface area contributed by atoms with Crippen molar-refractivity contribution in [2.75, 3.05) is 17.7 Å².